The molecule has 1 heterocycles. The molecule has 7 heteroatoms. The maximum atomic E-state index is 15.5. The minimum atomic E-state index is -2.35. The first-order valence-corrected chi connectivity index (χ1v) is 8.19. The van der Waals surface area contributed by atoms with Crippen molar-refractivity contribution in [2.45, 2.75) is 43.2 Å². The van der Waals surface area contributed by atoms with Crippen molar-refractivity contribution in [1.82, 2.24) is 15.7 Å². The fraction of sp³-hybridized carbons (Fsp3) is 0.389. The molecule has 2 saturated carbocycles. The van der Waals surface area contributed by atoms with Crippen molar-refractivity contribution in [3.05, 3.63) is 58.7 Å². The van der Waals surface area contributed by atoms with Crippen LogP contribution in [0.3, 0.4) is 0 Å². The third-order valence-corrected chi connectivity index (χ3v) is 5.27. The normalized spacial score (nSPS) is 27.8. The summed E-state index contributed by atoms with van der Waals surface area (Å²) in [5, 5.41) is 17.0. The summed E-state index contributed by atoms with van der Waals surface area (Å²) in [6, 6.07) is 6.16. The van der Waals surface area contributed by atoms with Crippen LogP contribution in [-0.2, 0) is 4.79 Å². The first kappa shape index (κ1) is 16.1. The van der Waals surface area contributed by atoms with Crippen LogP contribution in [0.4, 0.5) is 8.78 Å². The highest BCUT2D eigenvalue weighted by Crippen LogP contribution is 2.66. The Bertz CT molecular complexity index is 856. The number of carbonyl (C=O) groups is 1. The highest BCUT2D eigenvalue weighted by molar-refractivity contribution is 5.92. The van der Waals surface area contributed by atoms with Gasteiger partial charge < -0.3 is 0 Å². The number of benzene rings is 1. The Hall–Kier alpha value is -2.41. The lowest BCUT2D eigenvalue weighted by molar-refractivity contribution is -0.136. The minimum absolute atomic E-state index is 0.298. The number of rotatable bonds is 4. The predicted molar refractivity (Wildman–Crippen MR) is 84.4 cm³/mol. The van der Waals surface area contributed by atoms with Crippen LogP contribution in [0.2, 0.25) is 0 Å². The molecule has 0 unspecified atom stereocenters. The molecule has 1 aromatic carbocycles. The number of halogens is 2. The minimum Gasteiger partial charge on any atom is -0.289 e. The van der Waals surface area contributed by atoms with Crippen molar-refractivity contribution >= 4 is 5.91 Å². The van der Waals surface area contributed by atoms with E-state index in [0.29, 0.717) is 22.6 Å². The molecule has 0 bridgehead atoms. The van der Waals surface area contributed by atoms with E-state index in [1.807, 2.05) is 0 Å². The molecule has 2 aliphatic carbocycles. The third-order valence-electron chi connectivity index (χ3n) is 5.27. The molecule has 130 valence electrons. The summed E-state index contributed by atoms with van der Waals surface area (Å²) in [6.45, 7) is 1.55. The second-order valence-corrected chi connectivity index (χ2v) is 6.81. The second kappa shape index (κ2) is 5.56. The lowest BCUT2D eigenvalue weighted by atomic mass is 10.00. The van der Waals surface area contributed by atoms with Gasteiger partial charge >= 0.3 is 0 Å². The Morgan fingerprint density at radius 1 is 1.36 bits per heavy atom. The van der Waals surface area contributed by atoms with Gasteiger partial charge in [0.1, 0.15) is 5.82 Å². The summed E-state index contributed by atoms with van der Waals surface area (Å²) in [5.74, 6) is -2.97. The van der Waals surface area contributed by atoms with Crippen LogP contribution < -0.4 is 5.48 Å². The molecule has 4 rings (SSSR count). The van der Waals surface area contributed by atoms with Crippen molar-refractivity contribution in [3.63, 3.8) is 0 Å². The van der Waals surface area contributed by atoms with Gasteiger partial charge in [-0.2, -0.15) is 10.2 Å². The van der Waals surface area contributed by atoms with Gasteiger partial charge in [-0.3, -0.25) is 10.0 Å². The molecule has 1 aromatic heterocycles. The second-order valence-electron chi connectivity index (χ2n) is 6.81. The van der Waals surface area contributed by atoms with E-state index in [1.165, 1.54) is 23.8 Å². The SMILES string of the molecule is Cc1c(F)cccc1[C@@H]1[C@@H](c2cnnc(C3CC3)c2)[C@]1(F)C(=O)NO. The Kier molecular flexibility index (Phi) is 3.57. The number of alkyl halides is 1. The smallest absolute Gasteiger partial charge is 0.282 e. The first-order valence-electron chi connectivity index (χ1n) is 8.19. The summed E-state index contributed by atoms with van der Waals surface area (Å²) < 4.78 is 29.4. The molecule has 1 amide bonds. The Morgan fingerprint density at radius 3 is 2.80 bits per heavy atom. The van der Waals surface area contributed by atoms with E-state index >= 15 is 4.39 Å². The first-order chi connectivity index (χ1) is 12.0. The number of hydrogen-bond acceptors (Lipinski definition) is 4. The summed E-state index contributed by atoms with van der Waals surface area (Å²) in [6.07, 6.45) is 3.48. The van der Waals surface area contributed by atoms with Gasteiger partial charge in [-0.25, -0.2) is 14.3 Å². The third kappa shape index (κ3) is 2.41. The van der Waals surface area contributed by atoms with Gasteiger partial charge in [0.05, 0.1) is 11.9 Å². The van der Waals surface area contributed by atoms with Gasteiger partial charge in [0.25, 0.3) is 5.91 Å². The number of hydrogen-bond donors (Lipinski definition) is 2. The Morgan fingerprint density at radius 2 is 2.12 bits per heavy atom. The lowest BCUT2D eigenvalue weighted by Gasteiger charge is -2.08. The number of nitrogens with one attached hydrogen (secondary N) is 1. The standard InChI is InChI=1S/C18H17F2N3O2/c1-9-12(3-2-4-13(9)19)16-15(18(16,20)17(24)23-25)11-7-14(10-5-6-10)22-21-8-11/h2-4,7-8,10,15-16,25H,5-6H2,1H3,(H,23,24)/t15-,16-,18-/m1/s1. The van der Waals surface area contributed by atoms with E-state index in [1.54, 1.807) is 19.1 Å². The molecule has 25 heavy (non-hydrogen) atoms. The van der Waals surface area contributed by atoms with E-state index in [-0.39, 0.29) is 0 Å². The fourth-order valence-electron chi connectivity index (χ4n) is 3.68. The lowest BCUT2D eigenvalue weighted by Crippen LogP contribution is -2.33. The van der Waals surface area contributed by atoms with E-state index < -0.39 is 29.2 Å². The highest BCUT2D eigenvalue weighted by atomic mass is 19.1. The number of carbonyl (C=O) groups excluding carboxylic acids is 1. The van der Waals surface area contributed by atoms with Crippen LogP contribution in [0.1, 0.15) is 53.0 Å². The van der Waals surface area contributed by atoms with E-state index in [0.717, 1.165) is 18.5 Å². The maximum Gasteiger partial charge on any atom is 0.282 e. The Balaban J connectivity index is 1.78. The number of hydroxylamine groups is 1. The zero-order valence-corrected chi connectivity index (χ0v) is 13.5. The van der Waals surface area contributed by atoms with Crippen molar-refractivity contribution in [1.29, 1.82) is 0 Å². The van der Waals surface area contributed by atoms with Gasteiger partial charge in [0.15, 0.2) is 0 Å². The summed E-state index contributed by atoms with van der Waals surface area (Å²) in [4.78, 5) is 12.0. The molecule has 2 aromatic rings. The largest absolute Gasteiger partial charge is 0.289 e. The van der Waals surface area contributed by atoms with E-state index in [9.17, 15) is 9.18 Å². The Labute approximate surface area is 143 Å². The van der Waals surface area contributed by atoms with Crippen LogP contribution >= 0.6 is 0 Å². The highest BCUT2D eigenvalue weighted by Gasteiger charge is 2.73. The quantitative estimate of drug-likeness (QED) is 0.660. The fourth-order valence-corrected chi connectivity index (χ4v) is 3.68. The zero-order valence-electron chi connectivity index (χ0n) is 13.5. The molecule has 2 aliphatic rings. The van der Waals surface area contributed by atoms with Crippen molar-refractivity contribution in [2.75, 3.05) is 0 Å². The monoisotopic (exact) mass is 345 g/mol. The van der Waals surface area contributed by atoms with E-state index in [2.05, 4.69) is 10.2 Å². The summed E-state index contributed by atoms with van der Waals surface area (Å²) >= 11 is 0. The molecule has 0 radical (unpaired) electrons. The molecule has 0 spiro atoms. The summed E-state index contributed by atoms with van der Waals surface area (Å²) in [5.41, 5.74) is 1.09. The average Bonchev–Trinajstić information content (AvgIpc) is 3.53. The average molecular weight is 345 g/mol. The molecule has 5 nitrogen and oxygen atoms in total. The molecule has 2 fully saturated rings. The molecule has 0 saturated heterocycles. The zero-order chi connectivity index (χ0) is 17.8. The maximum absolute atomic E-state index is 15.5. The van der Waals surface area contributed by atoms with Crippen molar-refractivity contribution in [2.24, 2.45) is 0 Å². The molecular weight excluding hydrogens is 328 g/mol. The van der Waals surface area contributed by atoms with Crippen LogP contribution in [-0.4, -0.2) is 27.0 Å². The molecule has 3 atom stereocenters. The van der Waals surface area contributed by atoms with E-state index in [4.69, 9.17) is 5.21 Å². The topological polar surface area (TPSA) is 75.1 Å². The summed E-state index contributed by atoms with van der Waals surface area (Å²) in [7, 11) is 0. The van der Waals surface area contributed by atoms with Crippen LogP contribution in [0.15, 0.2) is 30.5 Å². The number of amides is 1. The molecule has 2 N–H and O–H groups in total. The number of aromatic nitrogens is 2. The van der Waals surface area contributed by atoms with Gasteiger partial charge in [-0.05, 0) is 48.6 Å². The van der Waals surface area contributed by atoms with Crippen LogP contribution in [0.25, 0.3) is 0 Å². The number of nitrogens with zero attached hydrogens (tertiary/aromatic N) is 2. The van der Waals surface area contributed by atoms with Crippen molar-refractivity contribution < 1.29 is 18.8 Å². The van der Waals surface area contributed by atoms with Gasteiger partial charge in [-0.15, -0.1) is 0 Å². The van der Waals surface area contributed by atoms with Gasteiger partial charge in [-0.1, -0.05) is 12.1 Å². The predicted octanol–water partition coefficient (Wildman–Crippen LogP) is 2.90. The van der Waals surface area contributed by atoms with Gasteiger partial charge in [0.2, 0.25) is 5.67 Å². The van der Waals surface area contributed by atoms with Crippen molar-refractivity contribution in [3.8, 4) is 0 Å². The van der Waals surface area contributed by atoms with Crippen LogP contribution in [0, 0.1) is 12.7 Å². The molecule has 0 aliphatic heterocycles. The molecular formula is C18H17F2N3O2. The van der Waals surface area contributed by atoms with Gasteiger partial charge in [0, 0.05) is 17.8 Å². The van der Waals surface area contributed by atoms with Crippen LogP contribution in [0.5, 0.6) is 0 Å².